The molecule has 1 N–H and O–H groups in total. The van der Waals surface area contributed by atoms with E-state index in [1.165, 1.54) is 0 Å². The van der Waals surface area contributed by atoms with Crippen LogP contribution in [0.5, 0.6) is 0 Å². The van der Waals surface area contributed by atoms with E-state index in [0.717, 1.165) is 16.8 Å². The average molecular weight is 295 g/mol. The monoisotopic (exact) mass is 295 g/mol. The molecule has 1 aliphatic rings. The lowest BCUT2D eigenvalue weighted by Gasteiger charge is -2.18. The van der Waals surface area contributed by atoms with Crippen LogP contribution in [0, 0.1) is 12.8 Å². The predicted octanol–water partition coefficient (Wildman–Crippen LogP) is 3.24. The Bertz CT molecular complexity index is 696. The molecule has 1 fully saturated rings. The lowest BCUT2D eigenvalue weighted by atomic mass is 9.94. The molecule has 0 spiro atoms. The summed E-state index contributed by atoms with van der Waals surface area (Å²) < 4.78 is 5.35. The van der Waals surface area contributed by atoms with Crippen molar-refractivity contribution in [2.75, 3.05) is 5.32 Å². The quantitative estimate of drug-likeness (QED) is 0.884. The van der Waals surface area contributed by atoms with Crippen LogP contribution in [0.3, 0.4) is 0 Å². The van der Waals surface area contributed by atoms with Crippen molar-refractivity contribution in [3.63, 3.8) is 0 Å². The van der Waals surface area contributed by atoms with Crippen LogP contribution in [-0.4, -0.2) is 11.9 Å². The van der Waals surface area contributed by atoms with Gasteiger partial charge in [0.05, 0.1) is 12.3 Å². The van der Waals surface area contributed by atoms with E-state index in [1.807, 2.05) is 61.5 Å². The average Bonchev–Trinajstić information content (AvgIpc) is 2.92. The smallest absolute Gasteiger partial charge is 0.307 e. The molecule has 2 aromatic rings. The molecule has 112 valence electrons. The lowest BCUT2D eigenvalue weighted by Crippen LogP contribution is -2.25. The van der Waals surface area contributed by atoms with Crippen LogP contribution in [0.4, 0.5) is 5.69 Å². The van der Waals surface area contributed by atoms with Crippen LogP contribution in [0.25, 0.3) is 0 Å². The van der Waals surface area contributed by atoms with E-state index in [9.17, 15) is 9.59 Å². The number of carbonyl (C=O) groups excluding carboxylic acids is 2. The first-order chi connectivity index (χ1) is 10.6. The molecule has 0 saturated carbocycles. The Balaban J connectivity index is 1.81. The van der Waals surface area contributed by atoms with Crippen LogP contribution in [0.1, 0.15) is 23.7 Å². The zero-order chi connectivity index (χ0) is 15.5. The van der Waals surface area contributed by atoms with Crippen LogP contribution >= 0.6 is 0 Å². The maximum atomic E-state index is 12.6. The summed E-state index contributed by atoms with van der Waals surface area (Å²) in [5.41, 5.74) is 2.59. The summed E-state index contributed by atoms with van der Waals surface area (Å²) in [6.07, 6.45) is -0.408. The van der Waals surface area contributed by atoms with E-state index in [-0.39, 0.29) is 18.3 Å². The van der Waals surface area contributed by atoms with Gasteiger partial charge in [-0.25, -0.2) is 0 Å². The van der Waals surface area contributed by atoms with Crippen LogP contribution in [-0.2, 0) is 14.3 Å². The first kappa shape index (κ1) is 14.3. The van der Waals surface area contributed by atoms with Crippen molar-refractivity contribution in [3.8, 4) is 0 Å². The van der Waals surface area contributed by atoms with Crippen LogP contribution in [0.2, 0.25) is 0 Å². The molecule has 1 aliphatic heterocycles. The van der Waals surface area contributed by atoms with Crippen molar-refractivity contribution in [2.24, 2.45) is 5.92 Å². The van der Waals surface area contributed by atoms with Gasteiger partial charge < -0.3 is 10.1 Å². The van der Waals surface area contributed by atoms with Crippen molar-refractivity contribution in [3.05, 3.63) is 65.7 Å². The maximum Gasteiger partial charge on any atom is 0.307 e. The highest BCUT2D eigenvalue weighted by Crippen LogP contribution is 2.36. The summed E-state index contributed by atoms with van der Waals surface area (Å²) >= 11 is 0. The number of hydrogen-bond acceptors (Lipinski definition) is 3. The second kappa shape index (κ2) is 6.02. The second-order valence-corrected chi connectivity index (χ2v) is 5.44. The molecule has 2 aromatic carbocycles. The number of nitrogens with one attached hydrogen (secondary N) is 1. The van der Waals surface area contributed by atoms with E-state index in [1.54, 1.807) is 0 Å². The van der Waals surface area contributed by atoms with Crippen molar-refractivity contribution in [1.82, 2.24) is 0 Å². The zero-order valence-electron chi connectivity index (χ0n) is 12.3. The highest BCUT2D eigenvalue weighted by molar-refractivity contribution is 5.96. The maximum absolute atomic E-state index is 12.6. The van der Waals surface area contributed by atoms with E-state index in [2.05, 4.69) is 5.32 Å². The Morgan fingerprint density at radius 2 is 1.77 bits per heavy atom. The molecule has 1 saturated heterocycles. The third-order valence-corrected chi connectivity index (χ3v) is 3.88. The number of rotatable bonds is 3. The summed E-state index contributed by atoms with van der Waals surface area (Å²) in [5.74, 6) is -1.03. The number of aryl methyl sites for hydroxylation is 1. The molecule has 1 amide bonds. The molecule has 4 heteroatoms. The highest BCUT2D eigenvalue weighted by Gasteiger charge is 2.40. The Kier molecular flexibility index (Phi) is 3.92. The van der Waals surface area contributed by atoms with Crippen molar-refractivity contribution in [1.29, 1.82) is 0 Å². The molecule has 0 radical (unpaired) electrons. The van der Waals surface area contributed by atoms with Gasteiger partial charge in [-0.2, -0.15) is 0 Å². The molecular weight excluding hydrogens is 278 g/mol. The van der Waals surface area contributed by atoms with Gasteiger partial charge in [-0.05, 0) is 24.1 Å². The molecule has 4 nitrogen and oxygen atoms in total. The number of ether oxygens (including phenoxy) is 1. The van der Waals surface area contributed by atoms with Gasteiger partial charge in [0.25, 0.3) is 0 Å². The van der Waals surface area contributed by atoms with Gasteiger partial charge in [0.2, 0.25) is 5.91 Å². The normalized spacial score (nSPS) is 20.5. The molecule has 1 heterocycles. The Morgan fingerprint density at radius 1 is 1.09 bits per heavy atom. The zero-order valence-corrected chi connectivity index (χ0v) is 12.3. The van der Waals surface area contributed by atoms with E-state index < -0.39 is 12.0 Å². The molecule has 2 atom stereocenters. The molecule has 0 unspecified atom stereocenters. The Morgan fingerprint density at radius 3 is 2.50 bits per heavy atom. The van der Waals surface area contributed by atoms with Crippen LogP contribution in [0.15, 0.2) is 54.6 Å². The minimum Gasteiger partial charge on any atom is -0.457 e. The second-order valence-electron chi connectivity index (χ2n) is 5.44. The lowest BCUT2D eigenvalue weighted by molar-refractivity contribution is -0.141. The standard InChI is InChI=1S/C18H17NO3/c1-12-7-5-6-10-15(12)19-18(21)14-11-16(20)22-17(14)13-8-3-2-4-9-13/h2-10,14,17H,11H2,1H3,(H,19,21)/t14-,17-/m0/s1. The third-order valence-electron chi connectivity index (χ3n) is 3.88. The fraction of sp³-hybridized carbons (Fsp3) is 0.222. The molecule has 22 heavy (non-hydrogen) atoms. The van der Waals surface area contributed by atoms with Gasteiger partial charge in [-0.3, -0.25) is 9.59 Å². The number of benzene rings is 2. The Hall–Kier alpha value is -2.62. The fourth-order valence-electron chi connectivity index (χ4n) is 2.67. The summed E-state index contributed by atoms with van der Waals surface area (Å²) in [4.78, 5) is 24.2. The number of cyclic esters (lactones) is 1. The number of esters is 1. The first-order valence-corrected chi connectivity index (χ1v) is 7.26. The number of anilines is 1. The van der Waals surface area contributed by atoms with E-state index in [4.69, 9.17) is 4.74 Å². The van der Waals surface area contributed by atoms with Gasteiger partial charge in [-0.1, -0.05) is 48.5 Å². The predicted molar refractivity (Wildman–Crippen MR) is 83.2 cm³/mol. The summed E-state index contributed by atoms with van der Waals surface area (Å²) in [5, 5.41) is 2.90. The Labute approximate surface area is 129 Å². The van der Waals surface area contributed by atoms with Crippen molar-refractivity contribution < 1.29 is 14.3 Å². The van der Waals surface area contributed by atoms with Gasteiger partial charge >= 0.3 is 5.97 Å². The van der Waals surface area contributed by atoms with Crippen molar-refractivity contribution >= 4 is 17.6 Å². The SMILES string of the molecule is Cc1ccccc1NC(=O)[C@H]1CC(=O)O[C@H]1c1ccccc1. The first-order valence-electron chi connectivity index (χ1n) is 7.26. The number of hydrogen-bond donors (Lipinski definition) is 1. The minimum absolute atomic E-state index is 0.108. The molecule has 3 rings (SSSR count). The third kappa shape index (κ3) is 2.86. The summed E-state index contributed by atoms with van der Waals surface area (Å²) in [6, 6.07) is 16.9. The van der Waals surface area contributed by atoms with E-state index >= 15 is 0 Å². The van der Waals surface area contributed by atoms with Gasteiger partial charge in [0, 0.05) is 5.69 Å². The fourth-order valence-corrected chi connectivity index (χ4v) is 2.67. The van der Waals surface area contributed by atoms with Gasteiger partial charge in [-0.15, -0.1) is 0 Å². The molecule has 0 aromatic heterocycles. The van der Waals surface area contributed by atoms with Gasteiger partial charge in [0.1, 0.15) is 6.10 Å². The number of carbonyl (C=O) groups is 2. The minimum atomic E-state index is -0.516. The number of para-hydroxylation sites is 1. The topological polar surface area (TPSA) is 55.4 Å². The van der Waals surface area contributed by atoms with Crippen molar-refractivity contribution in [2.45, 2.75) is 19.4 Å². The largest absolute Gasteiger partial charge is 0.457 e. The van der Waals surface area contributed by atoms with Crippen LogP contribution < -0.4 is 5.32 Å². The molecule has 0 aliphatic carbocycles. The molecular formula is C18H17NO3. The summed E-state index contributed by atoms with van der Waals surface area (Å²) in [6.45, 7) is 1.93. The highest BCUT2D eigenvalue weighted by atomic mass is 16.6. The summed E-state index contributed by atoms with van der Waals surface area (Å²) in [7, 11) is 0. The number of amides is 1. The van der Waals surface area contributed by atoms with Gasteiger partial charge in [0.15, 0.2) is 0 Å². The van der Waals surface area contributed by atoms with E-state index in [0.29, 0.717) is 0 Å². The molecule has 0 bridgehead atoms.